The normalized spacial score (nSPS) is 10.7. The Labute approximate surface area is 117 Å². The average molecular weight is 265 g/mol. The first-order valence-electron chi connectivity index (χ1n) is 6.46. The van der Waals surface area contributed by atoms with Crippen LogP contribution >= 0.6 is 0 Å². The topological polar surface area (TPSA) is 38.3 Å². The van der Waals surface area contributed by atoms with Crippen LogP contribution in [0, 0.1) is 0 Å². The Kier molecular flexibility index (Phi) is 3.03. The van der Waals surface area contributed by atoms with Crippen molar-refractivity contribution in [3.05, 3.63) is 54.1 Å². The Balaban J connectivity index is 2.47. The zero-order valence-electron chi connectivity index (χ0n) is 11.4. The molecule has 1 N–H and O–H groups in total. The molecule has 3 aromatic carbocycles. The van der Waals surface area contributed by atoms with E-state index in [9.17, 15) is 4.79 Å². The third kappa shape index (κ3) is 1.88. The van der Waals surface area contributed by atoms with Crippen LogP contribution in [-0.4, -0.2) is 20.1 Å². The van der Waals surface area contributed by atoms with Gasteiger partial charge in [-0.15, -0.1) is 0 Å². The molecule has 0 spiro atoms. The summed E-state index contributed by atoms with van der Waals surface area (Å²) in [7, 11) is 3.29. The van der Waals surface area contributed by atoms with Gasteiger partial charge in [0, 0.05) is 12.6 Å². The zero-order chi connectivity index (χ0) is 14.1. The van der Waals surface area contributed by atoms with E-state index in [4.69, 9.17) is 4.74 Å². The van der Waals surface area contributed by atoms with E-state index in [0.717, 1.165) is 27.3 Å². The third-order valence-electron chi connectivity index (χ3n) is 3.54. The van der Waals surface area contributed by atoms with Crippen molar-refractivity contribution in [2.75, 3.05) is 14.2 Å². The van der Waals surface area contributed by atoms with E-state index in [1.54, 1.807) is 14.2 Å². The number of hydrogen-bond acceptors (Lipinski definition) is 2. The molecule has 0 fully saturated rings. The third-order valence-corrected chi connectivity index (χ3v) is 3.54. The second-order valence-corrected chi connectivity index (χ2v) is 4.64. The lowest BCUT2D eigenvalue weighted by atomic mass is 9.96. The maximum atomic E-state index is 12.1. The van der Waals surface area contributed by atoms with E-state index in [2.05, 4.69) is 11.4 Å². The minimum absolute atomic E-state index is 0.0779. The van der Waals surface area contributed by atoms with Gasteiger partial charge in [0.2, 0.25) is 0 Å². The van der Waals surface area contributed by atoms with Crippen LogP contribution in [0.4, 0.5) is 0 Å². The summed E-state index contributed by atoms with van der Waals surface area (Å²) < 4.78 is 5.30. The minimum atomic E-state index is -0.0779. The molecule has 0 unspecified atom stereocenters. The predicted octanol–water partition coefficient (Wildman–Crippen LogP) is 3.36. The van der Waals surface area contributed by atoms with Gasteiger partial charge >= 0.3 is 0 Å². The lowest BCUT2D eigenvalue weighted by molar-refractivity contribution is 0.0965. The quantitative estimate of drug-likeness (QED) is 0.721. The van der Waals surface area contributed by atoms with Crippen molar-refractivity contribution >= 4 is 27.5 Å². The summed E-state index contributed by atoms with van der Waals surface area (Å²) in [6.07, 6.45) is 0. The number of carbonyl (C=O) groups excluding carboxylic acids is 1. The summed E-state index contributed by atoms with van der Waals surface area (Å²) in [6.45, 7) is 0. The van der Waals surface area contributed by atoms with Crippen LogP contribution < -0.4 is 10.1 Å². The maximum absolute atomic E-state index is 12.1. The van der Waals surface area contributed by atoms with Crippen LogP contribution in [0.1, 0.15) is 10.4 Å². The van der Waals surface area contributed by atoms with Crippen molar-refractivity contribution in [1.82, 2.24) is 5.32 Å². The molecule has 0 radical (unpaired) electrons. The molecule has 3 nitrogen and oxygen atoms in total. The SMILES string of the molecule is CNC(=O)c1cc2ccccc2c2cc(OC)ccc12. The molecule has 1 amide bonds. The summed E-state index contributed by atoms with van der Waals surface area (Å²) in [5, 5.41) is 6.83. The van der Waals surface area contributed by atoms with Gasteiger partial charge < -0.3 is 10.1 Å². The molecule has 0 saturated heterocycles. The van der Waals surface area contributed by atoms with Crippen LogP contribution in [0.15, 0.2) is 48.5 Å². The Hall–Kier alpha value is -2.55. The van der Waals surface area contributed by atoms with Gasteiger partial charge in [0.15, 0.2) is 0 Å². The molecule has 0 bridgehead atoms. The molecule has 0 saturated carbocycles. The maximum Gasteiger partial charge on any atom is 0.251 e. The van der Waals surface area contributed by atoms with Crippen molar-refractivity contribution in [2.45, 2.75) is 0 Å². The lowest BCUT2D eigenvalue weighted by Crippen LogP contribution is -2.18. The van der Waals surface area contributed by atoms with Crippen LogP contribution in [-0.2, 0) is 0 Å². The summed E-state index contributed by atoms with van der Waals surface area (Å²) in [6, 6.07) is 15.8. The molecule has 0 aliphatic heterocycles. The number of methoxy groups -OCH3 is 1. The number of amides is 1. The highest BCUT2D eigenvalue weighted by molar-refractivity contribution is 6.17. The first-order chi connectivity index (χ1) is 9.74. The van der Waals surface area contributed by atoms with Crippen molar-refractivity contribution < 1.29 is 9.53 Å². The van der Waals surface area contributed by atoms with E-state index in [1.165, 1.54) is 0 Å². The summed E-state index contributed by atoms with van der Waals surface area (Å²) in [5.74, 6) is 0.711. The Bertz CT molecular complexity index is 809. The second-order valence-electron chi connectivity index (χ2n) is 4.64. The van der Waals surface area contributed by atoms with Gasteiger partial charge in [-0.3, -0.25) is 4.79 Å². The number of carbonyl (C=O) groups is 1. The van der Waals surface area contributed by atoms with E-state index in [1.807, 2.05) is 42.5 Å². The standard InChI is InChI=1S/C17H15NO2/c1-18-17(19)16-9-11-5-3-4-6-13(11)15-10-12(20-2)7-8-14(15)16/h3-10H,1-2H3,(H,18,19). The van der Waals surface area contributed by atoms with E-state index >= 15 is 0 Å². The van der Waals surface area contributed by atoms with Crippen molar-refractivity contribution in [3.63, 3.8) is 0 Å². The molecule has 3 rings (SSSR count). The van der Waals surface area contributed by atoms with Crippen molar-refractivity contribution in [2.24, 2.45) is 0 Å². The first-order valence-corrected chi connectivity index (χ1v) is 6.46. The summed E-state index contributed by atoms with van der Waals surface area (Å²) >= 11 is 0. The first kappa shape index (κ1) is 12.5. The average Bonchev–Trinajstić information content (AvgIpc) is 2.52. The highest BCUT2D eigenvalue weighted by Gasteiger charge is 2.12. The fourth-order valence-electron chi connectivity index (χ4n) is 2.53. The molecular formula is C17H15NO2. The van der Waals surface area contributed by atoms with Crippen molar-refractivity contribution in [3.8, 4) is 5.75 Å². The molecule has 3 aromatic rings. The summed E-state index contributed by atoms with van der Waals surface area (Å²) in [5.41, 5.74) is 0.684. The molecule has 0 aliphatic carbocycles. The molecule has 0 aromatic heterocycles. The van der Waals surface area contributed by atoms with Gasteiger partial charge in [-0.25, -0.2) is 0 Å². The molecular weight excluding hydrogens is 250 g/mol. The number of hydrogen-bond donors (Lipinski definition) is 1. The fourth-order valence-corrected chi connectivity index (χ4v) is 2.53. The monoisotopic (exact) mass is 265 g/mol. The predicted molar refractivity (Wildman–Crippen MR) is 81.4 cm³/mol. The number of fused-ring (bicyclic) bond motifs is 3. The number of rotatable bonds is 2. The number of benzene rings is 3. The highest BCUT2D eigenvalue weighted by atomic mass is 16.5. The van der Waals surface area contributed by atoms with Gasteiger partial charge in [-0.05, 0) is 45.8 Å². The van der Waals surface area contributed by atoms with E-state index in [-0.39, 0.29) is 5.91 Å². The molecule has 0 aliphatic rings. The number of nitrogens with one attached hydrogen (secondary N) is 1. The number of ether oxygens (including phenoxy) is 1. The Morgan fingerprint density at radius 3 is 2.55 bits per heavy atom. The molecule has 3 heteroatoms. The minimum Gasteiger partial charge on any atom is -0.497 e. The molecule has 100 valence electrons. The van der Waals surface area contributed by atoms with Crippen LogP contribution in [0.5, 0.6) is 5.75 Å². The molecule has 0 heterocycles. The molecule has 0 atom stereocenters. The van der Waals surface area contributed by atoms with Gasteiger partial charge in [0.05, 0.1) is 7.11 Å². The van der Waals surface area contributed by atoms with Crippen molar-refractivity contribution in [1.29, 1.82) is 0 Å². The van der Waals surface area contributed by atoms with Crippen LogP contribution in [0.2, 0.25) is 0 Å². The fraction of sp³-hybridized carbons (Fsp3) is 0.118. The smallest absolute Gasteiger partial charge is 0.251 e. The van der Waals surface area contributed by atoms with Gasteiger partial charge in [0.25, 0.3) is 5.91 Å². The van der Waals surface area contributed by atoms with E-state index < -0.39 is 0 Å². The van der Waals surface area contributed by atoms with Crippen LogP contribution in [0.25, 0.3) is 21.5 Å². The Morgan fingerprint density at radius 1 is 1.00 bits per heavy atom. The van der Waals surface area contributed by atoms with E-state index in [0.29, 0.717) is 5.56 Å². The highest BCUT2D eigenvalue weighted by Crippen LogP contribution is 2.31. The molecule has 20 heavy (non-hydrogen) atoms. The summed E-state index contributed by atoms with van der Waals surface area (Å²) in [4.78, 5) is 12.1. The second kappa shape index (κ2) is 4.85. The van der Waals surface area contributed by atoms with Gasteiger partial charge in [-0.1, -0.05) is 24.3 Å². The van der Waals surface area contributed by atoms with Crippen LogP contribution in [0.3, 0.4) is 0 Å². The largest absolute Gasteiger partial charge is 0.497 e. The van der Waals surface area contributed by atoms with Gasteiger partial charge in [0.1, 0.15) is 5.75 Å². The zero-order valence-corrected chi connectivity index (χ0v) is 11.4. The lowest BCUT2D eigenvalue weighted by Gasteiger charge is -2.11. The van der Waals surface area contributed by atoms with Gasteiger partial charge in [-0.2, -0.15) is 0 Å². The Morgan fingerprint density at radius 2 is 1.80 bits per heavy atom.